The minimum atomic E-state index is 0.0722. The summed E-state index contributed by atoms with van der Waals surface area (Å²) >= 11 is 0. The Morgan fingerprint density at radius 3 is 2.45 bits per heavy atom. The van der Waals surface area contributed by atoms with E-state index in [2.05, 4.69) is 10.6 Å². The lowest BCUT2D eigenvalue weighted by Crippen LogP contribution is -2.26. The van der Waals surface area contributed by atoms with Gasteiger partial charge < -0.3 is 16.4 Å². The van der Waals surface area contributed by atoms with Crippen LogP contribution in [0, 0.1) is 0 Å². The van der Waals surface area contributed by atoms with Crippen LogP contribution in [0.3, 0.4) is 0 Å². The van der Waals surface area contributed by atoms with E-state index in [0.29, 0.717) is 19.4 Å². The average molecular weight is 297 g/mol. The topological polar surface area (TPSA) is 67.2 Å². The molecule has 0 atom stereocenters. The van der Waals surface area contributed by atoms with Gasteiger partial charge in [0.25, 0.3) is 0 Å². The van der Waals surface area contributed by atoms with Gasteiger partial charge in [-0.3, -0.25) is 4.79 Å². The van der Waals surface area contributed by atoms with Crippen molar-refractivity contribution in [2.75, 3.05) is 24.1 Å². The van der Waals surface area contributed by atoms with Crippen LogP contribution in [0.2, 0.25) is 0 Å². The molecule has 0 fully saturated rings. The van der Waals surface area contributed by atoms with Crippen LogP contribution in [0.15, 0.2) is 54.6 Å². The molecule has 0 saturated carbocycles. The van der Waals surface area contributed by atoms with Gasteiger partial charge in [0.1, 0.15) is 0 Å². The molecule has 2 rings (SSSR count). The van der Waals surface area contributed by atoms with Gasteiger partial charge in [-0.25, -0.2) is 0 Å². The van der Waals surface area contributed by atoms with Gasteiger partial charge in [0, 0.05) is 30.9 Å². The fourth-order valence-electron chi connectivity index (χ4n) is 2.20. The van der Waals surface area contributed by atoms with Crippen LogP contribution < -0.4 is 16.4 Å². The van der Waals surface area contributed by atoms with Crippen LogP contribution in [0.1, 0.15) is 18.4 Å². The molecule has 0 radical (unpaired) electrons. The number of nitrogens with two attached hydrogens (primary N) is 1. The minimum absolute atomic E-state index is 0.0722. The number of amides is 1. The van der Waals surface area contributed by atoms with Gasteiger partial charge in [0.05, 0.1) is 0 Å². The Kier molecular flexibility index (Phi) is 6.30. The molecule has 116 valence electrons. The first-order valence-corrected chi connectivity index (χ1v) is 7.65. The molecule has 0 aliphatic carbocycles. The standard InChI is InChI=1S/C18H23N3O/c19-17-10-5-4-7-15(17)11-12-18(22)21-14-6-13-20-16-8-2-1-3-9-16/h1-5,7-10,20H,6,11-14,19H2,(H,21,22). The number of hydrogen-bond donors (Lipinski definition) is 3. The van der Waals surface area contributed by atoms with E-state index < -0.39 is 0 Å². The highest BCUT2D eigenvalue weighted by Gasteiger charge is 2.03. The molecule has 0 aliphatic heterocycles. The van der Waals surface area contributed by atoms with E-state index in [1.807, 2.05) is 54.6 Å². The summed E-state index contributed by atoms with van der Waals surface area (Å²) in [4.78, 5) is 11.8. The summed E-state index contributed by atoms with van der Waals surface area (Å²) in [5.41, 5.74) is 8.75. The number of rotatable bonds is 8. The monoisotopic (exact) mass is 297 g/mol. The van der Waals surface area contributed by atoms with Crippen molar-refractivity contribution in [3.05, 3.63) is 60.2 Å². The quantitative estimate of drug-likeness (QED) is 0.518. The second kappa shape index (κ2) is 8.72. The van der Waals surface area contributed by atoms with Crippen LogP contribution in [0.5, 0.6) is 0 Å². The lowest BCUT2D eigenvalue weighted by Gasteiger charge is -2.08. The molecular weight excluding hydrogens is 274 g/mol. The number of para-hydroxylation sites is 2. The Morgan fingerprint density at radius 1 is 0.955 bits per heavy atom. The largest absolute Gasteiger partial charge is 0.399 e. The maximum atomic E-state index is 11.8. The zero-order valence-electron chi connectivity index (χ0n) is 12.7. The van der Waals surface area contributed by atoms with E-state index in [-0.39, 0.29) is 5.91 Å². The van der Waals surface area contributed by atoms with Crippen LogP contribution in [-0.4, -0.2) is 19.0 Å². The molecule has 1 amide bonds. The molecule has 0 spiro atoms. The highest BCUT2D eigenvalue weighted by atomic mass is 16.1. The summed E-state index contributed by atoms with van der Waals surface area (Å²) in [5, 5.41) is 6.25. The highest BCUT2D eigenvalue weighted by molar-refractivity contribution is 5.76. The number of benzene rings is 2. The van der Waals surface area contributed by atoms with E-state index in [0.717, 1.165) is 29.9 Å². The third-order valence-corrected chi connectivity index (χ3v) is 3.46. The Bertz CT molecular complexity index is 584. The van der Waals surface area contributed by atoms with E-state index in [9.17, 15) is 4.79 Å². The van der Waals surface area contributed by atoms with Crippen LogP contribution >= 0.6 is 0 Å². The number of hydrogen-bond acceptors (Lipinski definition) is 3. The fourth-order valence-corrected chi connectivity index (χ4v) is 2.20. The van der Waals surface area contributed by atoms with E-state index in [1.54, 1.807) is 0 Å². The molecule has 2 aromatic carbocycles. The number of carbonyl (C=O) groups excluding carboxylic acids is 1. The van der Waals surface area contributed by atoms with Crippen molar-refractivity contribution in [2.45, 2.75) is 19.3 Å². The Morgan fingerprint density at radius 2 is 1.68 bits per heavy atom. The van der Waals surface area contributed by atoms with Gasteiger partial charge in [-0.1, -0.05) is 36.4 Å². The van der Waals surface area contributed by atoms with Gasteiger partial charge in [-0.05, 0) is 36.6 Å². The number of nitrogen functional groups attached to an aromatic ring is 1. The normalized spacial score (nSPS) is 10.2. The van der Waals surface area contributed by atoms with Crippen molar-refractivity contribution >= 4 is 17.3 Å². The molecule has 0 aromatic heterocycles. The second-order valence-electron chi connectivity index (χ2n) is 5.20. The molecule has 0 aliphatic rings. The molecule has 0 bridgehead atoms. The highest BCUT2D eigenvalue weighted by Crippen LogP contribution is 2.12. The molecule has 0 heterocycles. The summed E-state index contributed by atoms with van der Waals surface area (Å²) in [6.07, 6.45) is 2.05. The summed E-state index contributed by atoms with van der Waals surface area (Å²) < 4.78 is 0. The van der Waals surface area contributed by atoms with Crippen LogP contribution in [-0.2, 0) is 11.2 Å². The van der Waals surface area contributed by atoms with Crippen molar-refractivity contribution in [3.8, 4) is 0 Å². The van der Waals surface area contributed by atoms with E-state index >= 15 is 0 Å². The molecule has 2 aromatic rings. The Labute approximate surface area is 131 Å². The maximum absolute atomic E-state index is 11.8. The number of nitrogens with one attached hydrogen (secondary N) is 2. The molecule has 0 unspecified atom stereocenters. The Balaban J connectivity index is 1.57. The average Bonchev–Trinajstić information content (AvgIpc) is 2.55. The molecule has 4 N–H and O–H groups in total. The molecule has 22 heavy (non-hydrogen) atoms. The van der Waals surface area contributed by atoms with Crippen LogP contribution in [0.25, 0.3) is 0 Å². The number of carbonyl (C=O) groups is 1. The third-order valence-electron chi connectivity index (χ3n) is 3.46. The van der Waals surface area contributed by atoms with Gasteiger partial charge in [0.15, 0.2) is 0 Å². The first kappa shape index (κ1) is 15.9. The first-order chi connectivity index (χ1) is 10.8. The number of aryl methyl sites for hydroxylation is 1. The van der Waals surface area contributed by atoms with Crippen molar-refractivity contribution in [1.29, 1.82) is 0 Å². The second-order valence-corrected chi connectivity index (χ2v) is 5.20. The van der Waals surface area contributed by atoms with E-state index in [4.69, 9.17) is 5.73 Å². The predicted octanol–water partition coefficient (Wildman–Crippen LogP) is 2.82. The molecule has 4 heteroatoms. The van der Waals surface area contributed by atoms with Gasteiger partial charge >= 0.3 is 0 Å². The van der Waals surface area contributed by atoms with Gasteiger partial charge in [-0.15, -0.1) is 0 Å². The lowest BCUT2D eigenvalue weighted by atomic mass is 10.1. The summed E-state index contributed by atoms with van der Waals surface area (Å²) in [6.45, 7) is 1.53. The van der Waals surface area contributed by atoms with E-state index in [1.165, 1.54) is 0 Å². The van der Waals surface area contributed by atoms with Crippen molar-refractivity contribution < 1.29 is 4.79 Å². The Hall–Kier alpha value is -2.49. The zero-order valence-corrected chi connectivity index (χ0v) is 12.7. The van der Waals surface area contributed by atoms with Crippen molar-refractivity contribution in [3.63, 3.8) is 0 Å². The summed E-state index contributed by atoms with van der Waals surface area (Å²) in [7, 11) is 0. The summed E-state index contributed by atoms with van der Waals surface area (Å²) in [5.74, 6) is 0.0722. The van der Waals surface area contributed by atoms with Crippen molar-refractivity contribution in [1.82, 2.24) is 5.32 Å². The zero-order chi connectivity index (χ0) is 15.6. The predicted molar refractivity (Wildman–Crippen MR) is 91.7 cm³/mol. The fraction of sp³-hybridized carbons (Fsp3) is 0.278. The molecular formula is C18H23N3O. The van der Waals surface area contributed by atoms with Crippen LogP contribution in [0.4, 0.5) is 11.4 Å². The third kappa shape index (κ3) is 5.48. The summed E-state index contributed by atoms with van der Waals surface area (Å²) in [6, 6.07) is 17.7. The smallest absolute Gasteiger partial charge is 0.220 e. The minimum Gasteiger partial charge on any atom is -0.399 e. The first-order valence-electron chi connectivity index (χ1n) is 7.65. The molecule has 4 nitrogen and oxygen atoms in total. The SMILES string of the molecule is Nc1ccccc1CCC(=O)NCCCNc1ccccc1. The van der Waals surface area contributed by atoms with Gasteiger partial charge in [0.2, 0.25) is 5.91 Å². The lowest BCUT2D eigenvalue weighted by molar-refractivity contribution is -0.121. The van der Waals surface area contributed by atoms with Crippen molar-refractivity contribution in [2.24, 2.45) is 0 Å². The van der Waals surface area contributed by atoms with Gasteiger partial charge in [-0.2, -0.15) is 0 Å². The molecule has 0 saturated heterocycles. The number of anilines is 2. The maximum Gasteiger partial charge on any atom is 0.220 e.